The van der Waals surface area contributed by atoms with Crippen molar-refractivity contribution in [1.29, 1.82) is 0 Å². The van der Waals surface area contributed by atoms with E-state index in [0.717, 1.165) is 0 Å². The summed E-state index contributed by atoms with van der Waals surface area (Å²) in [7, 11) is 0. The van der Waals surface area contributed by atoms with Gasteiger partial charge in [0, 0.05) is 12.2 Å². The molecule has 8 heteroatoms. The summed E-state index contributed by atoms with van der Waals surface area (Å²) in [4.78, 5) is 32.9. The van der Waals surface area contributed by atoms with Crippen LogP contribution in [0.25, 0.3) is 0 Å². The molecule has 7 N–H and O–H groups in total. The zero-order valence-electron chi connectivity index (χ0n) is 11.3. The molecule has 0 saturated carbocycles. The summed E-state index contributed by atoms with van der Waals surface area (Å²) >= 11 is 0. The third kappa shape index (κ3) is 5.91. The van der Waals surface area contributed by atoms with Gasteiger partial charge in [0.2, 0.25) is 5.91 Å². The monoisotopic (exact) mass is 294 g/mol. The van der Waals surface area contributed by atoms with Gasteiger partial charge in [-0.05, 0) is 37.1 Å². The molecule has 0 saturated heterocycles. The van der Waals surface area contributed by atoms with Crippen LogP contribution in [0, 0.1) is 0 Å². The van der Waals surface area contributed by atoms with E-state index in [-0.39, 0.29) is 11.5 Å². The highest BCUT2D eigenvalue weighted by Crippen LogP contribution is 2.10. The second-order valence-electron chi connectivity index (χ2n) is 4.41. The van der Waals surface area contributed by atoms with E-state index < -0.39 is 18.0 Å². The second-order valence-corrected chi connectivity index (χ2v) is 4.41. The lowest BCUT2D eigenvalue weighted by Gasteiger charge is -2.12. The van der Waals surface area contributed by atoms with Crippen molar-refractivity contribution >= 4 is 23.6 Å². The molecule has 0 radical (unpaired) electrons. The van der Waals surface area contributed by atoms with E-state index in [2.05, 4.69) is 10.6 Å². The average molecular weight is 294 g/mol. The Labute approximate surface area is 121 Å². The highest BCUT2D eigenvalue weighted by Gasteiger charge is 2.13. The van der Waals surface area contributed by atoms with Gasteiger partial charge in [-0.25, -0.2) is 9.59 Å². The van der Waals surface area contributed by atoms with Gasteiger partial charge in [0.15, 0.2) is 0 Å². The number of urea groups is 1. The maximum absolute atomic E-state index is 11.8. The zero-order valence-corrected chi connectivity index (χ0v) is 11.3. The number of anilines is 1. The molecule has 0 aromatic heterocycles. The number of carbonyl (C=O) groups is 3. The first-order chi connectivity index (χ1) is 9.90. The molecule has 3 amide bonds. The predicted octanol–water partition coefficient (Wildman–Crippen LogP) is 0.0991. The molecule has 1 aromatic carbocycles. The lowest BCUT2D eigenvalue weighted by atomic mass is 10.1. The molecule has 21 heavy (non-hydrogen) atoms. The molecule has 0 unspecified atom stereocenters. The molecule has 0 bridgehead atoms. The van der Waals surface area contributed by atoms with E-state index in [1.807, 2.05) is 0 Å². The van der Waals surface area contributed by atoms with Crippen molar-refractivity contribution in [3.8, 4) is 0 Å². The van der Waals surface area contributed by atoms with Crippen LogP contribution in [0.4, 0.5) is 10.5 Å². The fourth-order valence-corrected chi connectivity index (χ4v) is 1.60. The lowest BCUT2D eigenvalue weighted by molar-refractivity contribution is -0.117. The Morgan fingerprint density at radius 2 is 1.81 bits per heavy atom. The van der Waals surface area contributed by atoms with Crippen molar-refractivity contribution in [1.82, 2.24) is 5.32 Å². The minimum absolute atomic E-state index is 0.134. The molecular weight excluding hydrogens is 276 g/mol. The third-order valence-corrected chi connectivity index (χ3v) is 2.73. The standard InChI is InChI=1S/C13H18N4O4/c14-10(2-1-7-16-13(15)21)11(18)17-9-5-3-8(4-6-9)12(19)20/h3-6,10H,1-2,7,14H2,(H,17,18)(H,19,20)(H3,15,16,21)/t10-/m0/s1. The molecule has 0 aliphatic rings. The first-order valence-electron chi connectivity index (χ1n) is 6.33. The van der Waals surface area contributed by atoms with Gasteiger partial charge < -0.3 is 27.2 Å². The molecule has 0 fully saturated rings. The number of hydrogen-bond donors (Lipinski definition) is 5. The molecule has 114 valence electrons. The fourth-order valence-electron chi connectivity index (χ4n) is 1.60. The molecule has 1 rings (SSSR count). The summed E-state index contributed by atoms with van der Waals surface area (Å²) in [6, 6.07) is 4.41. The molecule has 0 aliphatic heterocycles. The maximum Gasteiger partial charge on any atom is 0.335 e. The van der Waals surface area contributed by atoms with Crippen molar-refractivity contribution < 1.29 is 19.5 Å². The quantitative estimate of drug-likeness (QED) is 0.452. The first-order valence-corrected chi connectivity index (χ1v) is 6.33. The lowest BCUT2D eigenvalue weighted by Crippen LogP contribution is -2.37. The van der Waals surface area contributed by atoms with E-state index in [9.17, 15) is 14.4 Å². The molecule has 1 atom stereocenters. The number of nitrogens with one attached hydrogen (secondary N) is 2. The smallest absolute Gasteiger partial charge is 0.335 e. The molecule has 8 nitrogen and oxygen atoms in total. The van der Waals surface area contributed by atoms with Gasteiger partial charge in [0.1, 0.15) is 0 Å². The van der Waals surface area contributed by atoms with Crippen LogP contribution in [0.3, 0.4) is 0 Å². The normalized spacial score (nSPS) is 11.5. The van der Waals surface area contributed by atoms with Crippen LogP contribution in [-0.4, -0.2) is 35.6 Å². The van der Waals surface area contributed by atoms with E-state index >= 15 is 0 Å². The Kier molecular flexibility index (Phi) is 6.15. The maximum atomic E-state index is 11.8. The van der Waals surface area contributed by atoms with Crippen LogP contribution >= 0.6 is 0 Å². The number of rotatable bonds is 7. The fraction of sp³-hybridized carbons (Fsp3) is 0.308. The Hall–Kier alpha value is -2.61. The van der Waals surface area contributed by atoms with Crippen LogP contribution in [0.5, 0.6) is 0 Å². The number of carboxylic acids is 1. The Morgan fingerprint density at radius 1 is 1.19 bits per heavy atom. The first kappa shape index (κ1) is 16.4. The van der Waals surface area contributed by atoms with E-state index in [0.29, 0.717) is 25.1 Å². The average Bonchev–Trinajstić information content (AvgIpc) is 2.43. The largest absolute Gasteiger partial charge is 0.478 e. The molecule has 0 heterocycles. The summed E-state index contributed by atoms with van der Waals surface area (Å²) in [6.45, 7) is 0.351. The summed E-state index contributed by atoms with van der Waals surface area (Å²) in [5.41, 5.74) is 11.2. The summed E-state index contributed by atoms with van der Waals surface area (Å²) in [5, 5.41) is 13.8. The number of carboxylic acid groups (broad SMARTS) is 1. The van der Waals surface area contributed by atoms with Crippen molar-refractivity contribution in [2.24, 2.45) is 11.5 Å². The highest BCUT2D eigenvalue weighted by atomic mass is 16.4. The van der Waals surface area contributed by atoms with E-state index in [4.69, 9.17) is 16.6 Å². The Morgan fingerprint density at radius 3 is 2.33 bits per heavy atom. The minimum Gasteiger partial charge on any atom is -0.478 e. The number of primary amides is 1. The van der Waals surface area contributed by atoms with Gasteiger partial charge in [0.25, 0.3) is 0 Å². The number of amides is 3. The van der Waals surface area contributed by atoms with Crippen molar-refractivity contribution in [2.75, 3.05) is 11.9 Å². The molecular formula is C13H18N4O4. The second kappa shape index (κ2) is 7.85. The summed E-state index contributed by atoms with van der Waals surface area (Å²) in [5.74, 6) is -1.41. The van der Waals surface area contributed by atoms with Crippen molar-refractivity contribution in [2.45, 2.75) is 18.9 Å². The van der Waals surface area contributed by atoms with Gasteiger partial charge in [-0.1, -0.05) is 0 Å². The van der Waals surface area contributed by atoms with Gasteiger partial charge in [-0.2, -0.15) is 0 Å². The van der Waals surface area contributed by atoms with Gasteiger partial charge in [-0.15, -0.1) is 0 Å². The Bertz CT molecular complexity index is 515. The van der Waals surface area contributed by atoms with E-state index in [1.54, 1.807) is 0 Å². The van der Waals surface area contributed by atoms with Crippen LogP contribution in [0.15, 0.2) is 24.3 Å². The van der Waals surface area contributed by atoms with Crippen molar-refractivity contribution in [3.63, 3.8) is 0 Å². The number of aromatic carboxylic acids is 1. The zero-order chi connectivity index (χ0) is 15.8. The molecule has 0 aliphatic carbocycles. The molecule has 0 spiro atoms. The van der Waals surface area contributed by atoms with Gasteiger partial charge in [-0.3, -0.25) is 4.79 Å². The van der Waals surface area contributed by atoms with Gasteiger partial charge in [0.05, 0.1) is 11.6 Å². The number of nitrogens with two attached hydrogens (primary N) is 2. The van der Waals surface area contributed by atoms with E-state index in [1.165, 1.54) is 24.3 Å². The SMILES string of the molecule is NC(=O)NCCC[C@H](N)C(=O)Nc1ccc(C(=O)O)cc1. The summed E-state index contributed by atoms with van der Waals surface area (Å²) < 4.78 is 0. The summed E-state index contributed by atoms with van der Waals surface area (Å²) in [6.07, 6.45) is 0.912. The number of hydrogen-bond acceptors (Lipinski definition) is 4. The van der Waals surface area contributed by atoms with Crippen LogP contribution < -0.4 is 22.1 Å². The third-order valence-electron chi connectivity index (χ3n) is 2.73. The predicted molar refractivity (Wildman–Crippen MR) is 76.8 cm³/mol. The van der Waals surface area contributed by atoms with Gasteiger partial charge >= 0.3 is 12.0 Å². The van der Waals surface area contributed by atoms with Crippen LogP contribution in [0.2, 0.25) is 0 Å². The topological polar surface area (TPSA) is 148 Å². The Balaban J connectivity index is 2.41. The number of benzene rings is 1. The number of carbonyl (C=O) groups excluding carboxylic acids is 2. The van der Waals surface area contributed by atoms with Crippen LogP contribution in [-0.2, 0) is 4.79 Å². The minimum atomic E-state index is -1.04. The van der Waals surface area contributed by atoms with Crippen molar-refractivity contribution in [3.05, 3.63) is 29.8 Å². The van der Waals surface area contributed by atoms with Crippen LogP contribution in [0.1, 0.15) is 23.2 Å². The molecule has 1 aromatic rings. The highest BCUT2D eigenvalue weighted by molar-refractivity contribution is 5.95.